The number of nitrogens with one attached hydrogen (secondary N) is 2. The van der Waals surface area contributed by atoms with E-state index >= 15 is 0 Å². The van der Waals surface area contributed by atoms with E-state index in [1.165, 1.54) is 6.92 Å². The summed E-state index contributed by atoms with van der Waals surface area (Å²) in [5, 5.41) is 14.7. The quantitative estimate of drug-likeness (QED) is 0.896. The van der Waals surface area contributed by atoms with Gasteiger partial charge in [0.05, 0.1) is 5.69 Å². The molecule has 2 aliphatic rings. The highest BCUT2D eigenvalue weighted by Gasteiger charge is 2.38. The molecule has 1 saturated carbocycles. The summed E-state index contributed by atoms with van der Waals surface area (Å²) in [6.45, 7) is 3.72. The van der Waals surface area contributed by atoms with E-state index in [1.54, 1.807) is 0 Å². The number of carbonyl (C=O) groups is 1. The van der Waals surface area contributed by atoms with Gasteiger partial charge >= 0.3 is 0 Å². The second-order valence-corrected chi connectivity index (χ2v) is 6.91. The van der Waals surface area contributed by atoms with Gasteiger partial charge in [-0.3, -0.25) is 4.79 Å². The number of hydrogen-bond donors (Lipinski definition) is 2. The highest BCUT2D eigenvalue weighted by Crippen LogP contribution is 2.36. The monoisotopic (exact) mass is 338 g/mol. The molecule has 1 aliphatic heterocycles. The van der Waals surface area contributed by atoms with Crippen LogP contribution in [0.25, 0.3) is 11.3 Å². The fourth-order valence-electron chi connectivity index (χ4n) is 3.84. The predicted octanol–water partition coefficient (Wildman–Crippen LogP) is 2.48. The van der Waals surface area contributed by atoms with Gasteiger partial charge in [0, 0.05) is 24.2 Å². The smallest absolute Gasteiger partial charge is 0.233 e. The zero-order valence-corrected chi connectivity index (χ0v) is 14.2. The first-order valence-electron chi connectivity index (χ1n) is 8.76. The van der Waals surface area contributed by atoms with Gasteiger partial charge in [0.1, 0.15) is 6.10 Å². The lowest BCUT2D eigenvalue weighted by atomic mass is 10.0. The minimum Gasteiger partial charge on any atom is -0.473 e. The van der Waals surface area contributed by atoms with Crippen LogP contribution in [-0.4, -0.2) is 35.3 Å². The number of carbonyl (C=O) groups excluding carboxylic acids is 1. The lowest BCUT2D eigenvalue weighted by molar-refractivity contribution is -0.114. The fourth-order valence-corrected chi connectivity index (χ4v) is 3.84. The van der Waals surface area contributed by atoms with Gasteiger partial charge < -0.3 is 15.4 Å². The minimum atomic E-state index is -0.0825. The van der Waals surface area contributed by atoms with Crippen LogP contribution in [0, 0.1) is 11.8 Å². The Morgan fingerprint density at radius 2 is 1.80 bits per heavy atom. The predicted molar refractivity (Wildman–Crippen MR) is 95.3 cm³/mol. The first kappa shape index (κ1) is 16.0. The summed E-state index contributed by atoms with van der Waals surface area (Å²) in [6, 6.07) is 11.4. The summed E-state index contributed by atoms with van der Waals surface area (Å²) in [5.41, 5.74) is 2.51. The van der Waals surface area contributed by atoms with E-state index in [4.69, 9.17) is 4.74 Å². The molecule has 1 amide bonds. The summed E-state index contributed by atoms with van der Waals surface area (Å²) in [6.07, 6.45) is 2.46. The van der Waals surface area contributed by atoms with Crippen molar-refractivity contribution in [3.05, 3.63) is 36.4 Å². The van der Waals surface area contributed by atoms with Crippen molar-refractivity contribution in [1.82, 2.24) is 15.5 Å². The lowest BCUT2D eigenvalue weighted by Gasteiger charge is -2.13. The molecule has 3 atom stereocenters. The average Bonchev–Trinajstić information content (AvgIpc) is 3.17. The number of benzene rings is 1. The molecule has 1 aromatic carbocycles. The average molecular weight is 338 g/mol. The molecule has 2 aromatic rings. The molecule has 1 aromatic heterocycles. The zero-order chi connectivity index (χ0) is 17.2. The van der Waals surface area contributed by atoms with Crippen molar-refractivity contribution in [3.8, 4) is 17.1 Å². The number of anilines is 1. The summed E-state index contributed by atoms with van der Waals surface area (Å²) in [5.74, 6) is 2.01. The highest BCUT2D eigenvalue weighted by atomic mass is 16.5. The number of ether oxygens (including phenoxy) is 1. The first-order valence-corrected chi connectivity index (χ1v) is 8.76. The molecule has 4 rings (SSSR count). The summed E-state index contributed by atoms with van der Waals surface area (Å²) in [4.78, 5) is 11.1. The molecule has 0 spiro atoms. The van der Waals surface area contributed by atoms with E-state index in [-0.39, 0.29) is 12.0 Å². The van der Waals surface area contributed by atoms with Gasteiger partial charge in [0.25, 0.3) is 0 Å². The molecule has 6 nitrogen and oxygen atoms in total. The van der Waals surface area contributed by atoms with Crippen molar-refractivity contribution in [2.24, 2.45) is 11.8 Å². The normalized spacial score (nSPS) is 24.8. The maximum atomic E-state index is 11.1. The van der Waals surface area contributed by atoms with Crippen LogP contribution in [0.2, 0.25) is 0 Å². The molecule has 1 aliphatic carbocycles. The van der Waals surface area contributed by atoms with E-state index in [0.717, 1.165) is 54.7 Å². The molecular weight excluding hydrogens is 316 g/mol. The van der Waals surface area contributed by atoms with Crippen molar-refractivity contribution in [2.45, 2.75) is 25.9 Å². The lowest BCUT2D eigenvalue weighted by Crippen LogP contribution is -2.19. The second kappa shape index (κ2) is 6.80. The van der Waals surface area contributed by atoms with Gasteiger partial charge in [-0.05, 0) is 56.0 Å². The van der Waals surface area contributed by atoms with Gasteiger partial charge in [-0.1, -0.05) is 12.1 Å². The van der Waals surface area contributed by atoms with Crippen LogP contribution in [0.15, 0.2) is 36.4 Å². The number of hydrogen-bond acceptors (Lipinski definition) is 5. The third kappa shape index (κ3) is 3.64. The van der Waals surface area contributed by atoms with Crippen LogP contribution in [0.5, 0.6) is 5.88 Å². The Balaban J connectivity index is 1.39. The number of nitrogens with zero attached hydrogens (tertiary/aromatic N) is 2. The van der Waals surface area contributed by atoms with Crippen molar-refractivity contribution in [3.63, 3.8) is 0 Å². The molecular formula is C19H22N4O2. The Bertz CT molecular complexity index is 733. The standard InChI is InChI=1S/C19H22N4O2/c1-12(24)21-16-4-2-13(3-5-16)18-6-7-19(23-22-18)25-17-8-14-10-20-11-15(14)9-17/h2-7,14-15,17,20H,8-11H2,1H3,(H,21,24)/t14-,15+,17+. The largest absolute Gasteiger partial charge is 0.473 e. The minimum absolute atomic E-state index is 0.0825. The van der Waals surface area contributed by atoms with Crippen LogP contribution in [0.1, 0.15) is 19.8 Å². The molecule has 25 heavy (non-hydrogen) atoms. The van der Waals surface area contributed by atoms with Crippen LogP contribution < -0.4 is 15.4 Å². The molecule has 0 radical (unpaired) electrons. The Morgan fingerprint density at radius 3 is 2.40 bits per heavy atom. The Hall–Kier alpha value is -2.47. The second-order valence-electron chi connectivity index (χ2n) is 6.91. The molecule has 130 valence electrons. The zero-order valence-electron chi connectivity index (χ0n) is 14.2. The number of aromatic nitrogens is 2. The Labute approximate surface area is 147 Å². The maximum absolute atomic E-state index is 11.1. The Morgan fingerprint density at radius 1 is 1.08 bits per heavy atom. The van der Waals surface area contributed by atoms with Gasteiger partial charge in [-0.15, -0.1) is 10.2 Å². The van der Waals surface area contributed by atoms with E-state index in [9.17, 15) is 4.79 Å². The van der Waals surface area contributed by atoms with E-state index in [0.29, 0.717) is 5.88 Å². The SMILES string of the molecule is CC(=O)Nc1ccc(-c2ccc(O[C@@H]3C[C@H]4CNC[C@H]4C3)nn2)cc1. The van der Waals surface area contributed by atoms with Crippen LogP contribution in [0.4, 0.5) is 5.69 Å². The molecule has 0 unspecified atom stereocenters. The summed E-state index contributed by atoms with van der Waals surface area (Å²) in [7, 11) is 0. The van der Waals surface area contributed by atoms with Crippen LogP contribution >= 0.6 is 0 Å². The summed E-state index contributed by atoms with van der Waals surface area (Å²) < 4.78 is 6.02. The third-order valence-electron chi connectivity index (χ3n) is 5.04. The number of rotatable bonds is 4. The molecule has 2 N–H and O–H groups in total. The van der Waals surface area contributed by atoms with E-state index < -0.39 is 0 Å². The molecule has 6 heteroatoms. The van der Waals surface area contributed by atoms with Gasteiger partial charge in [0.15, 0.2) is 0 Å². The molecule has 2 heterocycles. The van der Waals surface area contributed by atoms with Gasteiger partial charge in [-0.25, -0.2) is 0 Å². The van der Waals surface area contributed by atoms with Crippen molar-refractivity contribution in [1.29, 1.82) is 0 Å². The van der Waals surface area contributed by atoms with Crippen molar-refractivity contribution < 1.29 is 9.53 Å². The van der Waals surface area contributed by atoms with Crippen LogP contribution in [0.3, 0.4) is 0 Å². The maximum Gasteiger partial charge on any atom is 0.233 e. The topological polar surface area (TPSA) is 76.1 Å². The summed E-state index contributed by atoms with van der Waals surface area (Å²) >= 11 is 0. The molecule has 0 bridgehead atoms. The number of fused-ring (bicyclic) bond motifs is 1. The highest BCUT2D eigenvalue weighted by molar-refractivity contribution is 5.88. The fraction of sp³-hybridized carbons (Fsp3) is 0.421. The van der Waals surface area contributed by atoms with Crippen molar-refractivity contribution >= 4 is 11.6 Å². The van der Waals surface area contributed by atoms with E-state index in [2.05, 4.69) is 20.8 Å². The van der Waals surface area contributed by atoms with Crippen molar-refractivity contribution in [2.75, 3.05) is 18.4 Å². The molecule has 2 fully saturated rings. The van der Waals surface area contributed by atoms with E-state index in [1.807, 2.05) is 36.4 Å². The number of amides is 1. The van der Waals surface area contributed by atoms with Gasteiger partial charge in [0.2, 0.25) is 11.8 Å². The Kier molecular flexibility index (Phi) is 4.36. The molecule has 1 saturated heterocycles. The third-order valence-corrected chi connectivity index (χ3v) is 5.04. The van der Waals surface area contributed by atoms with Crippen LogP contribution in [-0.2, 0) is 4.79 Å². The first-order chi connectivity index (χ1) is 12.2. The van der Waals surface area contributed by atoms with Gasteiger partial charge in [-0.2, -0.15) is 0 Å².